The monoisotopic (exact) mass is 296 g/mol. The fraction of sp³-hybridized carbons (Fsp3) is 1.00. The Morgan fingerprint density at radius 1 is 1.19 bits per heavy atom. The quantitative estimate of drug-likeness (QED) is 0.686. The fourth-order valence-electron chi connectivity index (χ4n) is 3.76. The molecular formula is C18H36N2O. The number of rotatable bonds is 9. The summed E-state index contributed by atoms with van der Waals surface area (Å²) in [6.07, 6.45) is 11.8. The van der Waals surface area contributed by atoms with E-state index >= 15 is 0 Å². The lowest BCUT2D eigenvalue weighted by Gasteiger charge is -2.30. The van der Waals surface area contributed by atoms with Gasteiger partial charge in [0, 0.05) is 11.6 Å². The Hall–Kier alpha value is -0.120. The highest BCUT2D eigenvalue weighted by atomic mass is 16.3. The average molecular weight is 296 g/mol. The van der Waals surface area contributed by atoms with E-state index in [0.29, 0.717) is 6.04 Å². The Kier molecular flexibility index (Phi) is 6.97. The standard InChI is InChI=1S/C18H36N2O/c1-3-6-16-7-4-12-20(14-10-16)13-5-11-18(2,15-21)19-17-8-9-17/h16-17,19,21H,3-15H2,1-2H3. The highest BCUT2D eigenvalue weighted by molar-refractivity contribution is 4.92. The van der Waals surface area contributed by atoms with Gasteiger partial charge in [-0.15, -0.1) is 0 Å². The predicted molar refractivity (Wildman–Crippen MR) is 89.6 cm³/mol. The third-order valence-electron chi connectivity index (χ3n) is 5.32. The molecule has 0 aromatic rings. The summed E-state index contributed by atoms with van der Waals surface area (Å²) in [6, 6.07) is 0.676. The summed E-state index contributed by atoms with van der Waals surface area (Å²) in [5, 5.41) is 13.3. The van der Waals surface area contributed by atoms with E-state index in [9.17, 15) is 5.11 Å². The maximum Gasteiger partial charge on any atom is 0.0610 e. The van der Waals surface area contributed by atoms with Crippen LogP contribution in [0.15, 0.2) is 0 Å². The van der Waals surface area contributed by atoms with Crippen molar-refractivity contribution in [2.24, 2.45) is 5.92 Å². The maximum atomic E-state index is 9.66. The molecule has 0 spiro atoms. The number of hydrogen-bond acceptors (Lipinski definition) is 3. The molecule has 0 amide bonds. The molecule has 3 heteroatoms. The van der Waals surface area contributed by atoms with Crippen molar-refractivity contribution in [1.82, 2.24) is 10.2 Å². The van der Waals surface area contributed by atoms with Gasteiger partial charge >= 0.3 is 0 Å². The van der Waals surface area contributed by atoms with Crippen molar-refractivity contribution in [2.45, 2.75) is 83.2 Å². The lowest BCUT2D eigenvalue weighted by atomic mass is 9.96. The molecule has 2 aliphatic rings. The van der Waals surface area contributed by atoms with Crippen LogP contribution in [0.1, 0.15) is 71.6 Å². The molecule has 124 valence electrons. The number of aliphatic hydroxyl groups is 1. The Labute approximate surface area is 131 Å². The minimum Gasteiger partial charge on any atom is -0.394 e. The molecule has 2 unspecified atom stereocenters. The van der Waals surface area contributed by atoms with Gasteiger partial charge in [0.1, 0.15) is 0 Å². The van der Waals surface area contributed by atoms with Crippen LogP contribution < -0.4 is 5.32 Å². The molecule has 3 nitrogen and oxygen atoms in total. The van der Waals surface area contributed by atoms with Crippen LogP contribution in [0.5, 0.6) is 0 Å². The van der Waals surface area contributed by atoms with Gasteiger partial charge in [0.2, 0.25) is 0 Å². The Balaban J connectivity index is 1.65. The smallest absolute Gasteiger partial charge is 0.0610 e. The topological polar surface area (TPSA) is 35.5 Å². The molecule has 2 N–H and O–H groups in total. The third-order valence-corrected chi connectivity index (χ3v) is 5.32. The van der Waals surface area contributed by atoms with E-state index < -0.39 is 0 Å². The van der Waals surface area contributed by atoms with Crippen molar-refractivity contribution in [1.29, 1.82) is 0 Å². The molecule has 1 heterocycles. The zero-order chi connectivity index (χ0) is 15.1. The minimum absolute atomic E-state index is 0.0578. The van der Waals surface area contributed by atoms with Crippen molar-refractivity contribution in [2.75, 3.05) is 26.2 Å². The number of nitrogens with zero attached hydrogens (tertiary/aromatic N) is 1. The summed E-state index contributed by atoms with van der Waals surface area (Å²) < 4.78 is 0. The Morgan fingerprint density at radius 3 is 2.67 bits per heavy atom. The molecule has 2 fully saturated rings. The second kappa shape index (κ2) is 8.50. The van der Waals surface area contributed by atoms with E-state index in [1.54, 1.807) is 0 Å². The van der Waals surface area contributed by atoms with Gasteiger partial charge in [0.05, 0.1) is 6.61 Å². The molecule has 2 rings (SSSR count). The molecule has 1 aliphatic carbocycles. The summed E-state index contributed by atoms with van der Waals surface area (Å²) in [7, 11) is 0. The van der Waals surface area contributed by atoms with Crippen LogP contribution in [0.3, 0.4) is 0 Å². The molecule has 0 aromatic carbocycles. The van der Waals surface area contributed by atoms with Gasteiger partial charge in [-0.05, 0) is 77.4 Å². The van der Waals surface area contributed by atoms with E-state index in [1.165, 1.54) is 71.0 Å². The fourth-order valence-corrected chi connectivity index (χ4v) is 3.76. The van der Waals surface area contributed by atoms with Crippen LogP contribution in [0.25, 0.3) is 0 Å². The van der Waals surface area contributed by atoms with Gasteiger partial charge in [-0.25, -0.2) is 0 Å². The van der Waals surface area contributed by atoms with Gasteiger partial charge in [0.25, 0.3) is 0 Å². The van der Waals surface area contributed by atoms with Crippen LogP contribution in [-0.2, 0) is 0 Å². The van der Waals surface area contributed by atoms with Crippen molar-refractivity contribution < 1.29 is 5.11 Å². The van der Waals surface area contributed by atoms with Crippen LogP contribution in [0.4, 0.5) is 0 Å². The lowest BCUT2D eigenvalue weighted by Crippen LogP contribution is -2.47. The van der Waals surface area contributed by atoms with Crippen LogP contribution in [-0.4, -0.2) is 47.8 Å². The SMILES string of the molecule is CCCC1CCCN(CCCC(C)(CO)NC2CC2)CC1. The second-order valence-electron chi connectivity index (χ2n) is 7.67. The van der Waals surface area contributed by atoms with Gasteiger partial charge in [-0.2, -0.15) is 0 Å². The molecule has 1 saturated heterocycles. The molecule has 2 atom stereocenters. The number of hydrogen-bond donors (Lipinski definition) is 2. The third kappa shape index (κ3) is 6.25. The molecular weight excluding hydrogens is 260 g/mol. The molecule has 1 aliphatic heterocycles. The summed E-state index contributed by atoms with van der Waals surface area (Å²) >= 11 is 0. The summed E-state index contributed by atoms with van der Waals surface area (Å²) in [6.45, 7) is 8.54. The van der Waals surface area contributed by atoms with Crippen molar-refractivity contribution in [3.63, 3.8) is 0 Å². The highest BCUT2D eigenvalue weighted by Gasteiger charge is 2.31. The number of aliphatic hydroxyl groups excluding tert-OH is 1. The first-order chi connectivity index (χ1) is 10.1. The van der Waals surface area contributed by atoms with E-state index in [4.69, 9.17) is 0 Å². The van der Waals surface area contributed by atoms with Gasteiger partial charge in [-0.3, -0.25) is 0 Å². The summed E-state index contributed by atoms with van der Waals surface area (Å²) in [5.41, 5.74) is -0.0578. The normalized spacial score (nSPS) is 27.3. The Morgan fingerprint density at radius 2 is 2.00 bits per heavy atom. The largest absolute Gasteiger partial charge is 0.394 e. The number of nitrogens with one attached hydrogen (secondary N) is 1. The van der Waals surface area contributed by atoms with Crippen molar-refractivity contribution in [3.8, 4) is 0 Å². The van der Waals surface area contributed by atoms with Crippen LogP contribution in [0.2, 0.25) is 0 Å². The molecule has 0 radical (unpaired) electrons. The first kappa shape index (κ1) is 17.2. The first-order valence-corrected chi connectivity index (χ1v) is 9.26. The van der Waals surface area contributed by atoms with Gasteiger partial charge < -0.3 is 15.3 Å². The van der Waals surface area contributed by atoms with Crippen LogP contribution in [0, 0.1) is 5.92 Å². The van der Waals surface area contributed by atoms with Crippen LogP contribution >= 0.6 is 0 Å². The first-order valence-electron chi connectivity index (χ1n) is 9.26. The van der Waals surface area contributed by atoms with Gasteiger partial charge in [0.15, 0.2) is 0 Å². The van der Waals surface area contributed by atoms with Gasteiger partial charge in [-0.1, -0.05) is 19.8 Å². The molecule has 1 saturated carbocycles. The molecule has 0 bridgehead atoms. The predicted octanol–water partition coefficient (Wildman–Crippen LogP) is 3.17. The van der Waals surface area contributed by atoms with Crippen molar-refractivity contribution >= 4 is 0 Å². The second-order valence-corrected chi connectivity index (χ2v) is 7.67. The lowest BCUT2D eigenvalue weighted by molar-refractivity contribution is 0.154. The average Bonchev–Trinajstić information content (AvgIpc) is 3.28. The van der Waals surface area contributed by atoms with Crippen molar-refractivity contribution in [3.05, 3.63) is 0 Å². The summed E-state index contributed by atoms with van der Waals surface area (Å²) in [5.74, 6) is 0.972. The Bertz CT molecular complexity index is 293. The van der Waals surface area contributed by atoms with E-state index in [2.05, 4.69) is 24.1 Å². The van der Waals surface area contributed by atoms with E-state index in [0.717, 1.165) is 12.3 Å². The number of likely N-dealkylation sites (tertiary alicyclic amines) is 1. The minimum atomic E-state index is -0.0578. The zero-order valence-electron chi connectivity index (χ0n) is 14.2. The van der Waals surface area contributed by atoms with E-state index in [-0.39, 0.29) is 12.1 Å². The zero-order valence-corrected chi connectivity index (χ0v) is 14.2. The van der Waals surface area contributed by atoms with E-state index in [1.807, 2.05) is 0 Å². The summed E-state index contributed by atoms with van der Waals surface area (Å²) in [4.78, 5) is 2.66. The highest BCUT2D eigenvalue weighted by Crippen LogP contribution is 2.25. The molecule has 0 aromatic heterocycles. The maximum absolute atomic E-state index is 9.66. The molecule has 21 heavy (non-hydrogen) atoms.